The van der Waals surface area contributed by atoms with Crippen molar-refractivity contribution in [3.05, 3.63) is 0 Å². The minimum Gasteiger partial charge on any atom is -0.368 e. The van der Waals surface area contributed by atoms with Crippen molar-refractivity contribution < 1.29 is 14.3 Å². The number of piperazine rings is 1. The fourth-order valence-electron chi connectivity index (χ4n) is 3.06. The summed E-state index contributed by atoms with van der Waals surface area (Å²) in [5, 5.41) is 6.19. The van der Waals surface area contributed by atoms with Crippen LogP contribution in [0.4, 0.5) is 0 Å². The summed E-state index contributed by atoms with van der Waals surface area (Å²) in [5.41, 5.74) is -0.381. The lowest BCUT2D eigenvalue weighted by molar-refractivity contribution is -0.142. The molecule has 148 valence electrons. The van der Waals surface area contributed by atoms with E-state index >= 15 is 0 Å². The van der Waals surface area contributed by atoms with Crippen LogP contribution in [0.1, 0.15) is 33.6 Å². The van der Waals surface area contributed by atoms with Gasteiger partial charge in [-0.2, -0.15) is 0 Å². The summed E-state index contributed by atoms with van der Waals surface area (Å²) in [5.74, 6) is 0.963. The number of carbonyl (C=O) groups excluding carboxylic acids is 2. The number of guanidine groups is 1. The van der Waals surface area contributed by atoms with Gasteiger partial charge in [-0.1, -0.05) is 20.8 Å². The zero-order valence-corrected chi connectivity index (χ0v) is 16.5. The first kappa shape index (κ1) is 20.5. The van der Waals surface area contributed by atoms with Crippen molar-refractivity contribution in [1.29, 1.82) is 0 Å². The van der Waals surface area contributed by atoms with E-state index in [1.165, 1.54) is 0 Å². The molecule has 2 N–H and O–H groups in total. The molecule has 2 aliphatic heterocycles. The molecule has 0 spiro atoms. The first-order valence-corrected chi connectivity index (χ1v) is 9.47. The number of nitrogens with zero attached hydrogens (tertiary/aromatic N) is 3. The summed E-state index contributed by atoms with van der Waals surface area (Å²) in [7, 11) is 1.75. The van der Waals surface area contributed by atoms with Crippen LogP contribution in [-0.2, 0) is 14.3 Å². The maximum Gasteiger partial charge on any atom is 0.251 e. The lowest BCUT2D eigenvalue weighted by Crippen LogP contribution is -2.55. The van der Waals surface area contributed by atoms with Crippen molar-refractivity contribution in [2.45, 2.75) is 39.7 Å². The Balaban J connectivity index is 1.71. The van der Waals surface area contributed by atoms with Crippen molar-refractivity contribution in [3.8, 4) is 0 Å². The fourth-order valence-corrected chi connectivity index (χ4v) is 3.06. The predicted octanol–water partition coefficient (Wildman–Crippen LogP) is 0.0473. The highest BCUT2D eigenvalue weighted by Gasteiger charge is 2.30. The number of nitrogens with one attached hydrogen (secondary N) is 2. The molecule has 26 heavy (non-hydrogen) atoms. The largest absolute Gasteiger partial charge is 0.368 e. The lowest BCUT2D eigenvalue weighted by Gasteiger charge is -2.37. The van der Waals surface area contributed by atoms with E-state index in [0.29, 0.717) is 32.8 Å². The van der Waals surface area contributed by atoms with Crippen LogP contribution in [0.5, 0.6) is 0 Å². The zero-order chi connectivity index (χ0) is 19.2. The molecular formula is C18H33N5O3. The van der Waals surface area contributed by atoms with E-state index in [1.54, 1.807) is 7.05 Å². The van der Waals surface area contributed by atoms with Gasteiger partial charge >= 0.3 is 0 Å². The number of carbonyl (C=O) groups is 2. The minimum absolute atomic E-state index is 0.0375. The molecular weight excluding hydrogens is 334 g/mol. The van der Waals surface area contributed by atoms with Crippen molar-refractivity contribution in [3.63, 3.8) is 0 Å². The van der Waals surface area contributed by atoms with Crippen molar-refractivity contribution in [2.75, 3.05) is 52.9 Å². The molecule has 0 bridgehead atoms. The van der Waals surface area contributed by atoms with Crippen LogP contribution in [0.25, 0.3) is 0 Å². The highest BCUT2D eigenvalue weighted by Crippen LogP contribution is 2.16. The molecule has 2 aliphatic rings. The molecule has 0 aromatic rings. The molecule has 0 radical (unpaired) electrons. The van der Waals surface area contributed by atoms with Crippen LogP contribution in [0.2, 0.25) is 0 Å². The maximum atomic E-state index is 12.4. The van der Waals surface area contributed by atoms with Gasteiger partial charge in [0.05, 0.1) is 0 Å². The number of rotatable bonds is 4. The molecule has 2 saturated heterocycles. The van der Waals surface area contributed by atoms with Crippen molar-refractivity contribution in [2.24, 2.45) is 10.4 Å². The summed E-state index contributed by atoms with van der Waals surface area (Å²) >= 11 is 0. The number of aliphatic imine (C=N–C) groups is 1. The van der Waals surface area contributed by atoms with E-state index in [9.17, 15) is 9.59 Å². The highest BCUT2D eigenvalue weighted by molar-refractivity contribution is 5.83. The molecule has 0 aromatic carbocycles. The van der Waals surface area contributed by atoms with Crippen LogP contribution >= 0.6 is 0 Å². The molecule has 2 heterocycles. The Morgan fingerprint density at radius 1 is 1.08 bits per heavy atom. The van der Waals surface area contributed by atoms with Gasteiger partial charge in [-0.3, -0.25) is 14.6 Å². The fraction of sp³-hybridized carbons (Fsp3) is 0.833. The quantitative estimate of drug-likeness (QED) is 0.416. The van der Waals surface area contributed by atoms with Gasteiger partial charge in [0.1, 0.15) is 6.10 Å². The summed E-state index contributed by atoms with van der Waals surface area (Å²) < 4.78 is 5.50. The first-order valence-electron chi connectivity index (χ1n) is 9.47. The average molecular weight is 367 g/mol. The second-order valence-electron chi connectivity index (χ2n) is 7.79. The summed E-state index contributed by atoms with van der Waals surface area (Å²) in [4.78, 5) is 32.6. The standard InChI is InChI=1S/C18H33N5O3/c1-18(2,3)16(25)20-7-8-21-17(19-4)23-11-9-22(10-12-23)15(24)14-6-5-13-26-14/h14H,5-13H2,1-4H3,(H,19,21)(H,20,25). The second-order valence-corrected chi connectivity index (χ2v) is 7.79. The lowest BCUT2D eigenvalue weighted by atomic mass is 9.96. The van der Waals surface area contributed by atoms with E-state index < -0.39 is 0 Å². The maximum absolute atomic E-state index is 12.4. The number of hydrogen-bond acceptors (Lipinski definition) is 4. The third-order valence-corrected chi connectivity index (χ3v) is 4.68. The second kappa shape index (κ2) is 9.21. The molecule has 2 amide bonds. The normalized spacial score (nSPS) is 21.7. The Labute approximate surface area is 156 Å². The van der Waals surface area contributed by atoms with E-state index in [2.05, 4.69) is 20.5 Å². The smallest absolute Gasteiger partial charge is 0.251 e. The Morgan fingerprint density at radius 3 is 2.23 bits per heavy atom. The van der Waals surface area contributed by atoms with E-state index in [-0.39, 0.29) is 23.3 Å². The van der Waals surface area contributed by atoms with E-state index in [4.69, 9.17) is 4.74 Å². The van der Waals surface area contributed by atoms with E-state index in [0.717, 1.165) is 31.9 Å². The minimum atomic E-state index is -0.381. The van der Waals surface area contributed by atoms with Gasteiger partial charge in [-0.25, -0.2) is 0 Å². The van der Waals surface area contributed by atoms with Crippen molar-refractivity contribution >= 4 is 17.8 Å². The molecule has 0 aliphatic carbocycles. The Hall–Kier alpha value is -1.83. The van der Waals surface area contributed by atoms with Crippen molar-refractivity contribution in [1.82, 2.24) is 20.4 Å². The monoisotopic (exact) mass is 367 g/mol. The third-order valence-electron chi connectivity index (χ3n) is 4.68. The zero-order valence-electron chi connectivity index (χ0n) is 16.5. The molecule has 1 unspecified atom stereocenters. The predicted molar refractivity (Wildman–Crippen MR) is 101 cm³/mol. The van der Waals surface area contributed by atoms with Gasteiger partial charge in [0.2, 0.25) is 5.91 Å². The molecule has 0 saturated carbocycles. The van der Waals surface area contributed by atoms with Gasteiger partial charge in [0, 0.05) is 58.3 Å². The molecule has 2 fully saturated rings. The first-order chi connectivity index (χ1) is 12.3. The van der Waals surface area contributed by atoms with Gasteiger partial charge < -0.3 is 25.2 Å². The van der Waals surface area contributed by atoms with Crippen LogP contribution in [0, 0.1) is 5.41 Å². The Kier molecular flexibility index (Phi) is 7.25. The van der Waals surface area contributed by atoms with Gasteiger partial charge in [-0.15, -0.1) is 0 Å². The average Bonchev–Trinajstić information content (AvgIpc) is 3.15. The number of hydrogen-bond donors (Lipinski definition) is 2. The van der Waals surface area contributed by atoms with Crippen LogP contribution in [0.3, 0.4) is 0 Å². The molecule has 0 aromatic heterocycles. The summed E-state index contributed by atoms with van der Waals surface area (Å²) in [6.45, 7) is 10.4. The molecule has 8 nitrogen and oxygen atoms in total. The summed E-state index contributed by atoms with van der Waals surface area (Å²) in [6.07, 6.45) is 1.56. The van der Waals surface area contributed by atoms with Crippen LogP contribution in [0.15, 0.2) is 4.99 Å². The third kappa shape index (κ3) is 5.59. The number of ether oxygens (including phenoxy) is 1. The topological polar surface area (TPSA) is 86.3 Å². The Morgan fingerprint density at radius 2 is 1.69 bits per heavy atom. The van der Waals surface area contributed by atoms with Crippen LogP contribution in [-0.4, -0.2) is 86.6 Å². The van der Waals surface area contributed by atoms with Gasteiger partial charge in [0.25, 0.3) is 5.91 Å². The van der Waals surface area contributed by atoms with Crippen LogP contribution < -0.4 is 10.6 Å². The molecule has 8 heteroatoms. The van der Waals surface area contributed by atoms with E-state index in [1.807, 2.05) is 25.7 Å². The highest BCUT2D eigenvalue weighted by atomic mass is 16.5. The Bertz CT molecular complexity index is 515. The summed E-state index contributed by atoms with van der Waals surface area (Å²) in [6, 6.07) is 0. The van der Waals surface area contributed by atoms with Gasteiger partial charge in [-0.05, 0) is 12.8 Å². The molecule has 2 rings (SSSR count). The molecule has 1 atom stereocenters. The number of amides is 2. The SMILES string of the molecule is CN=C(NCCNC(=O)C(C)(C)C)N1CCN(C(=O)C2CCCO2)CC1. The van der Waals surface area contributed by atoms with Gasteiger partial charge in [0.15, 0.2) is 5.96 Å².